The molecule has 212 valence electrons. The van der Waals surface area contributed by atoms with Gasteiger partial charge >= 0.3 is 5.97 Å². The van der Waals surface area contributed by atoms with Gasteiger partial charge in [0, 0.05) is 5.56 Å². The fraction of sp³-hybridized carbons (Fsp3) is 0.788. The number of hydrogen-bond acceptors (Lipinski definition) is 4. The van der Waals surface area contributed by atoms with Gasteiger partial charge in [0.2, 0.25) is 0 Å². The van der Waals surface area contributed by atoms with Crippen molar-refractivity contribution in [3.63, 3.8) is 0 Å². The van der Waals surface area contributed by atoms with Crippen LogP contribution in [0.15, 0.2) is 0 Å². The van der Waals surface area contributed by atoms with Crippen molar-refractivity contribution in [1.82, 2.24) is 4.90 Å². The molecule has 4 heteroatoms. The maximum absolute atomic E-state index is 12.4. The third-order valence-electron chi connectivity index (χ3n) is 8.50. The SMILES string of the molecule is Cc1c(C)c2c(c(C)c1OC(=O)CN(C)C)CC[C@@](C)(CCC[C@H](C)CCC[C@H](C)CCCC(C)C)O2. The molecule has 1 aliphatic heterocycles. The summed E-state index contributed by atoms with van der Waals surface area (Å²) in [5.74, 6) is 4.02. The summed E-state index contributed by atoms with van der Waals surface area (Å²) in [6, 6.07) is 0. The molecule has 0 spiro atoms. The number of fused-ring (bicyclic) bond motifs is 1. The van der Waals surface area contributed by atoms with Crippen molar-refractivity contribution in [2.24, 2.45) is 17.8 Å². The Morgan fingerprint density at radius 2 is 1.46 bits per heavy atom. The molecule has 3 atom stereocenters. The number of ether oxygens (including phenoxy) is 2. The van der Waals surface area contributed by atoms with Gasteiger partial charge in [-0.25, -0.2) is 0 Å². The monoisotopic (exact) mass is 515 g/mol. The normalized spacial score (nSPS) is 19.0. The van der Waals surface area contributed by atoms with E-state index in [4.69, 9.17) is 9.47 Å². The number of carbonyl (C=O) groups is 1. The van der Waals surface area contributed by atoms with E-state index in [0.717, 1.165) is 65.2 Å². The molecule has 1 heterocycles. The van der Waals surface area contributed by atoms with Crippen molar-refractivity contribution in [2.75, 3.05) is 20.6 Å². The number of hydrogen-bond donors (Lipinski definition) is 0. The summed E-state index contributed by atoms with van der Waals surface area (Å²) in [7, 11) is 3.76. The fourth-order valence-corrected chi connectivity index (χ4v) is 5.82. The third kappa shape index (κ3) is 9.93. The van der Waals surface area contributed by atoms with Crippen molar-refractivity contribution in [3.05, 3.63) is 22.3 Å². The summed E-state index contributed by atoms with van der Waals surface area (Å²) >= 11 is 0. The van der Waals surface area contributed by atoms with Gasteiger partial charge in [0.05, 0.1) is 6.54 Å². The summed E-state index contributed by atoms with van der Waals surface area (Å²) in [5, 5.41) is 0. The van der Waals surface area contributed by atoms with Crippen molar-refractivity contribution in [1.29, 1.82) is 0 Å². The molecule has 1 aromatic rings. The molecule has 4 nitrogen and oxygen atoms in total. The average molecular weight is 516 g/mol. The number of nitrogens with zero attached hydrogens (tertiary/aromatic N) is 1. The molecule has 37 heavy (non-hydrogen) atoms. The van der Waals surface area contributed by atoms with Crippen LogP contribution in [0.5, 0.6) is 11.5 Å². The first kappa shape index (κ1) is 31.7. The first-order valence-corrected chi connectivity index (χ1v) is 15.0. The predicted molar refractivity (Wildman–Crippen MR) is 157 cm³/mol. The standard InChI is InChI=1S/C33H57NO3/c1-23(2)14-11-15-24(3)16-12-17-25(4)18-13-20-33(8)21-19-29-28(7)31(36-30(35)22-34(9)10)26(5)27(6)32(29)37-33/h23-25H,11-22H2,1-10H3/t24-,25-,33-/m1/s1. The van der Waals surface area contributed by atoms with Crippen LogP contribution in [0.25, 0.3) is 0 Å². The van der Waals surface area contributed by atoms with Gasteiger partial charge in [-0.15, -0.1) is 0 Å². The highest BCUT2D eigenvalue weighted by molar-refractivity contribution is 5.76. The van der Waals surface area contributed by atoms with Crippen LogP contribution in [0.3, 0.4) is 0 Å². The molecule has 2 rings (SSSR count). The summed E-state index contributed by atoms with van der Waals surface area (Å²) in [6.07, 6.45) is 13.8. The topological polar surface area (TPSA) is 38.8 Å². The zero-order valence-electron chi connectivity index (χ0n) is 25.9. The van der Waals surface area contributed by atoms with E-state index in [-0.39, 0.29) is 18.1 Å². The Labute approximate surface area is 228 Å². The van der Waals surface area contributed by atoms with E-state index in [1.54, 1.807) is 0 Å². The minimum absolute atomic E-state index is 0.121. The number of esters is 1. The van der Waals surface area contributed by atoms with Crippen LogP contribution in [0, 0.1) is 38.5 Å². The number of benzene rings is 1. The molecular formula is C33H57NO3. The van der Waals surface area contributed by atoms with Crippen LogP contribution in [0.4, 0.5) is 0 Å². The van der Waals surface area contributed by atoms with Crippen LogP contribution in [0.1, 0.15) is 121 Å². The second-order valence-corrected chi connectivity index (χ2v) is 13.1. The number of rotatable bonds is 15. The minimum Gasteiger partial charge on any atom is -0.487 e. The van der Waals surface area contributed by atoms with E-state index < -0.39 is 0 Å². The van der Waals surface area contributed by atoms with Crippen LogP contribution in [-0.4, -0.2) is 37.1 Å². The maximum atomic E-state index is 12.4. The van der Waals surface area contributed by atoms with E-state index in [9.17, 15) is 4.79 Å². The van der Waals surface area contributed by atoms with Gasteiger partial charge in [-0.2, -0.15) is 0 Å². The Morgan fingerprint density at radius 3 is 2.03 bits per heavy atom. The van der Waals surface area contributed by atoms with E-state index >= 15 is 0 Å². The van der Waals surface area contributed by atoms with E-state index in [2.05, 4.69) is 48.5 Å². The maximum Gasteiger partial charge on any atom is 0.325 e. The highest BCUT2D eigenvalue weighted by Gasteiger charge is 2.34. The van der Waals surface area contributed by atoms with Gasteiger partial charge in [-0.1, -0.05) is 72.6 Å². The fourth-order valence-electron chi connectivity index (χ4n) is 5.82. The molecule has 0 amide bonds. The lowest BCUT2D eigenvalue weighted by atomic mass is 9.83. The Morgan fingerprint density at radius 1 is 0.892 bits per heavy atom. The zero-order valence-corrected chi connectivity index (χ0v) is 25.9. The van der Waals surface area contributed by atoms with Crippen molar-refractivity contribution >= 4 is 5.97 Å². The molecule has 0 N–H and O–H groups in total. The van der Waals surface area contributed by atoms with Crippen LogP contribution in [0.2, 0.25) is 0 Å². The van der Waals surface area contributed by atoms with Gasteiger partial charge in [0.1, 0.15) is 17.1 Å². The second-order valence-electron chi connectivity index (χ2n) is 13.1. The van der Waals surface area contributed by atoms with Gasteiger partial charge in [-0.3, -0.25) is 9.69 Å². The molecule has 1 aromatic carbocycles. The molecule has 0 radical (unpaired) electrons. The first-order valence-electron chi connectivity index (χ1n) is 15.0. The lowest BCUT2D eigenvalue weighted by Gasteiger charge is -2.38. The summed E-state index contributed by atoms with van der Waals surface area (Å²) in [4.78, 5) is 14.2. The number of carbonyl (C=O) groups excluding carboxylic acids is 1. The van der Waals surface area contributed by atoms with Gasteiger partial charge in [0.15, 0.2) is 0 Å². The summed E-state index contributed by atoms with van der Waals surface area (Å²) in [6.45, 7) is 18.3. The van der Waals surface area contributed by atoms with Crippen LogP contribution < -0.4 is 9.47 Å². The first-order chi connectivity index (χ1) is 17.3. The van der Waals surface area contributed by atoms with Crippen LogP contribution >= 0.6 is 0 Å². The van der Waals surface area contributed by atoms with E-state index in [0.29, 0.717) is 0 Å². The summed E-state index contributed by atoms with van der Waals surface area (Å²) in [5.41, 5.74) is 4.27. The molecule has 0 aliphatic carbocycles. The molecule has 0 saturated carbocycles. The predicted octanol–water partition coefficient (Wildman–Crippen LogP) is 8.60. The Balaban J connectivity index is 1.86. The van der Waals surface area contributed by atoms with E-state index in [1.165, 1.54) is 56.9 Å². The second kappa shape index (κ2) is 14.6. The zero-order chi connectivity index (χ0) is 27.8. The Hall–Kier alpha value is -1.55. The quantitative estimate of drug-likeness (QED) is 0.173. The molecule has 1 aliphatic rings. The lowest BCUT2D eigenvalue weighted by Crippen LogP contribution is -2.37. The molecule has 0 aromatic heterocycles. The third-order valence-corrected chi connectivity index (χ3v) is 8.50. The smallest absolute Gasteiger partial charge is 0.325 e. The highest BCUT2D eigenvalue weighted by Crippen LogP contribution is 2.45. The molecule has 0 fully saturated rings. The van der Waals surface area contributed by atoms with Crippen LogP contribution in [-0.2, 0) is 11.2 Å². The van der Waals surface area contributed by atoms with Gasteiger partial charge in [0.25, 0.3) is 0 Å². The Kier molecular flexibility index (Phi) is 12.5. The van der Waals surface area contributed by atoms with Gasteiger partial charge in [-0.05, 0) is 102 Å². The van der Waals surface area contributed by atoms with Crippen molar-refractivity contribution in [2.45, 2.75) is 132 Å². The largest absolute Gasteiger partial charge is 0.487 e. The molecule has 0 unspecified atom stereocenters. The average Bonchev–Trinajstić information content (AvgIpc) is 2.79. The molecular weight excluding hydrogens is 458 g/mol. The van der Waals surface area contributed by atoms with E-state index in [1.807, 2.05) is 25.9 Å². The Bertz CT molecular complexity index is 875. The molecule has 0 bridgehead atoms. The van der Waals surface area contributed by atoms with Crippen molar-refractivity contribution in [3.8, 4) is 11.5 Å². The van der Waals surface area contributed by atoms with Gasteiger partial charge < -0.3 is 9.47 Å². The summed E-state index contributed by atoms with van der Waals surface area (Å²) < 4.78 is 12.6. The van der Waals surface area contributed by atoms with Crippen molar-refractivity contribution < 1.29 is 14.3 Å². The lowest BCUT2D eigenvalue weighted by molar-refractivity contribution is -0.135. The molecule has 0 saturated heterocycles. The minimum atomic E-state index is -0.216. The highest BCUT2D eigenvalue weighted by atomic mass is 16.5. The number of likely N-dealkylation sites (N-methyl/N-ethyl adjacent to an activating group) is 1.